The van der Waals surface area contributed by atoms with Crippen LogP contribution in [0.5, 0.6) is 0 Å². The molecule has 4 nitrogen and oxygen atoms in total. The predicted octanol–water partition coefficient (Wildman–Crippen LogP) is 3.48. The zero-order valence-corrected chi connectivity index (χ0v) is 15.3. The number of nitrogens with two attached hydrogens (primary N) is 1. The van der Waals surface area contributed by atoms with Crippen molar-refractivity contribution in [2.75, 3.05) is 18.5 Å². The lowest BCUT2D eigenvalue weighted by Crippen LogP contribution is -2.23. The fourth-order valence-electron chi connectivity index (χ4n) is 3.28. The molecule has 1 saturated carbocycles. The third kappa shape index (κ3) is 4.84. The van der Waals surface area contributed by atoms with Crippen LogP contribution in [0.15, 0.2) is 23.2 Å². The minimum Gasteiger partial charge on any atom is -0.376 e. The number of fused-ring (bicyclic) bond motifs is 1. The van der Waals surface area contributed by atoms with Gasteiger partial charge in [-0.2, -0.15) is 0 Å². The number of nitrogens with zero attached hydrogens (tertiary/aromatic N) is 1. The first-order valence-electron chi connectivity index (χ1n) is 8.11. The molecular weight excluding hydrogens is 389 g/mol. The van der Waals surface area contributed by atoms with E-state index in [1.807, 2.05) is 0 Å². The van der Waals surface area contributed by atoms with Gasteiger partial charge in [0, 0.05) is 5.69 Å². The summed E-state index contributed by atoms with van der Waals surface area (Å²) >= 11 is 0. The Labute approximate surface area is 149 Å². The number of aryl methyl sites for hydroxylation is 2. The van der Waals surface area contributed by atoms with Crippen molar-refractivity contribution in [3.05, 3.63) is 29.3 Å². The van der Waals surface area contributed by atoms with E-state index in [4.69, 9.17) is 10.5 Å². The highest BCUT2D eigenvalue weighted by Crippen LogP contribution is 2.24. The SMILES string of the molecule is I.NC(=NCCOC1CCCC1)Nc1ccc2c(c1)CCC2. The van der Waals surface area contributed by atoms with Crippen LogP contribution in [0.1, 0.15) is 43.2 Å². The van der Waals surface area contributed by atoms with Crippen LogP contribution in [0.2, 0.25) is 0 Å². The van der Waals surface area contributed by atoms with E-state index in [0.717, 1.165) is 5.69 Å². The average molecular weight is 415 g/mol. The standard InChI is InChI=1S/C17H25N3O.HI/c18-17(19-10-11-21-16-6-1-2-7-16)20-15-9-8-13-4-3-5-14(13)12-15;/h8-9,12,16H,1-7,10-11H2,(H3,18,19,20);1H. The fraction of sp³-hybridized carbons (Fsp3) is 0.588. The van der Waals surface area contributed by atoms with Crippen molar-refractivity contribution in [1.29, 1.82) is 0 Å². The monoisotopic (exact) mass is 415 g/mol. The van der Waals surface area contributed by atoms with Gasteiger partial charge in [0.1, 0.15) is 0 Å². The van der Waals surface area contributed by atoms with Crippen molar-refractivity contribution < 1.29 is 4.74 Å². The van der Waals surface area contributed by atoms with E-state index in [-0.39, 0.29) is 24.0 Å². The minimum atomic E-state index is 0. The number of ether oxygens (including phenoxy) is 1. The van der Waals surface area contributed by atoms with Crippen molar-refractivity contribution in [1.82, 2.24) is 0 Å². The molecule has 1 fully saturated rings. The Morgan fingerprint density at radius 3 is 2.77 bits per heavy atom. The van der Waals surface area contributed by atoms with Crippen molar-refractivity contribution >= 4 is 35.6 Å². The van der Waals surface area contributed by atoms with E-state index in [2.05, 4.69) is 28.5 Å². The Balaban J connectivity index is 0.00000176. The Kier molecular flexibility index (Phi) is 6.95. The van der Waals surface area contributed by atoms with Gasteiger partial charge >= 0.3 is 0 Å². The first kappa shape index (κ1) is 17.5. The number of rotatable bonds is 5. The predicted molar refractivity (Wildman–Crippen MR) is 102 cm³/mol. The molecule has 1 aromatic carbocycles. The van der Waals surface area contributed by atoms with Crippen molar-refractivity contribution in [2.24, 2.45) is 10.7 Å². The van der Waals surface area contributed by atoms with Gasteiger partial charge in [0.25, 0.3) is 0 Å². The molecule has 0 amide bonds. The molecule has 122 valence electrons. The average Bonchev–Trinajstić information content (AvgIpc) is 3.14. The van der Waals surface area contributed by atoms with Crippen LogP contribution in [0, 0.1) is 0 Å². The van der Waals surface area contributed by atoms with E-state index in [1.165, 1.54) is 56.1 Å². The summed E-state index contributed by atoms with van der Waals surface area (Å²) in [5, 5.41) is 3.17. The highest BCUT2D eigenvalue weighted by Gasteiger charge is 2.14. The molecule has 0 unspecified atom stereocenters. The number of hydrogen-bond donors (Lipinski definition) is 2. The lowest BCUT2D eigenvalue weighted by molar-refractivity contribution is 0.0643. The van der Waals surface area contributed by atoms with Crippen LogP contribution >= 0.6 is 24.0 Å². The Hall–Kier alpha value is -0.820. The highest BCUT2D eigenvalue weighted by atomic mass is 127. The van der Waals surface area contributed by atoms with Gasteiger partial charge in [-0.1, -0.05) is 18.9 Å². The van der Waals surface area contributed by atoms with E-state index in [9.17, 15) is 0 Å². The topological polar surface area (TPSA) is 59.6 Å². The number of anilines is 1. The molecule has 0 spiro atoms. The third-order valence-corrected chi connectivity index (χ3v) is 4.40. The second kappa shape index (κ2) is 8.72. The Bertz CT molecular complexity index is 513. The van der Waals surface area contributed by atoms with Crippen LogP contribution < -0.4 is 11.1 Å². The Morgan fingerprint density at radius 1 is 1.18 bits per heavy atom. The second-order valence-corrected chi connectivity index (χ2v) is 6.01. The van der Waals surface area contributed by atoms with Crippen LogP contribution in [-0.4, -0.2) is 25.2 Å². The molecule has 2 aliphatic carbocycles. The molecule has 3 N–H and O–H groups in total. The van der Waals surface area contributed by atoms with Gasteiger partial charge in [-0.15, -0.1) is 24.0 Å². The summed E-state index contributed by atoms with van der Waals surface area (Å²) < 4.78 is 5.77. The van der Waals surface area contributed by atoms with Crippen molar-refractivity contribution in [3.8, 4) is 0 Å². The molecule has 5 heteroatoms. The molecule has 22 heavy (non-hydrogen) atoms. The van der Waals surface area contributed by atoms with Gasteiger partial charge in [-0.25, -0.2) is 0 Å². The highest BCUT2D eigenvalue weighted by molar-refractivity contribution is 14.0. The quantitative estimate of drug-likeness (QED) is 0.335. The van der Waals surface area contributed by atoms with Gasteiger partial charge in [0.2, 0.25) is 0 Å². The third-order valence-electron chi connectivity index (χ3n) is 4.40. The molecule has 1 aromatic rings. The summed E-state index contributed by atoms with van der Waals surface area (Å²) in [5.41, 5.74) is 9.88. The van der Waals surface area contributed by atoms with E-state index < -0.39 is 0 Å². The normalized spacial score (nSPS) is 18.1. The molecule has 3 rings (SSSR count). The first-order valence-corrected chi connectivity index (χ1v) is 8.11. The van der Waals surface area contributed by atoms with E-state index in [0.29, 0.717) is 25.2 Å². The maximum Gasteiger partial charge on any atom is 0.193 e. The number of halogens is 1. The molecule has 0 radical (unpaired) electrons. The summed E-state index contributed by atoms with van der Waals surface area (Å²) in [7, 11) is 0. The summed E-state index contributed by atoms with van der Waals surface area (Å²) in [4.78, 5) is 4.33. The van der Waals surface area contributed by atoms with Gasteiger partial charge in [0.05, 0.1) is 19.3 Å². The number of guanidine groups is 1. The molecule has 0 heterocycles. The molecular formula is C17H26IN3O. The zero-order valence-electron chi connectivity index (χ0n) is 13.0. The minimum absolute atomic E-state index is 0. The largest absolute Gasteiger partial charge is 0.376 e. The van der Waals surface area contributed by atoms with Crippen LogP contribution in [0.25, 0.3) is 0 Å². The van der Waals surface area contributed by atoms with Crippen molar-refractivity contribution in [3.63, 3.8) is 0 Å². The molecule has 0 bridgehead atoms. The summed E-state index contributed by atoms with van der Waals surface area (Å²) in [6.07, 6.45) is 9.10. The number of benzene rings is 1. The lowest BCUT2D eigenvalue weighted by atomic mass is 10.1. The zero-order chi connectivity index (χ0) is 14.5. The molecule has 0 aromatic heterocycles. The van der Waals surface area contributed by atoms with Crippen LogP contribution in [0.3, 0.4) is 0 Å². The number of nitrogens with one attached hydrogen (secondary N) is 1. The van der Waals surface area contributed by atoms with Crippen molar-refractivity contribution in [2.45, 2.75) is 51.0 Å². The summed E-state index contributed by atoms with van der Waals surface area (Å²) in [6, 6.07) is 6.47. The molecule has 2 aliphatic rings. The summed E-state index contributed by atoms with van der Waals surface area (Å²) in [6.45, 7) is 1.29. The van der Waals surface area contributed by atoms with Gasteiger partial charge in [-0.3, -0.25) is 4.99 Å². The van der Waals surface area contributed by atoms with Gasteiger partial charge in [0.15, 0.2) is 5.96 Å². The smallest absolute Gasteiger partial charge is 0.193 e. The van der Waals surface area contributed by atoms with Crippen LogP contribution in [-0.2, 0) is 17.6 Å². The molecule has 0 saturated heterocycles. The van der Waals surface area contributed by atoms with E-state index >= 15 is 0 Å². The maximum absolute atomic E-state index is 5.93. The summed E-state index contributed by atoms with van der Waals surface area (Å²) in [5.74, 6) is 0.475. The van der Waals surface area contributed by atoms with Crippen LogP contribution in [0.4, 0.5) is 5.69 Å². The lowest BCUT2D eigenvalue weighted by Gasteiger charge is -2.10. The Morgan fingerprint density at radius 2 is 1.95 bits per heavy atom. The van der Waals surface area contributed by atoms with E-state index in [1.54, 1.807) is 0 Å². The number of aliphatic imine (C=N–C) groups is 1. The van der Waals surface area contributed by atoms with Gasteiger partial charge < -0.3 is 15.8 Å². The fourth-order valence-corrected chi connectivity index (χ4v) is 3.28. The second-order valence-electron chi connectivity index (χ2n) is 6.01. The molecule has 0 aliphatic heterocycles. The first-order chi connectivity index (χ1) is 10.3. The van der Waals surface area contributed by atoms with Gasteiger partial charge in [-0.05, 0) is 55.4 Å². The number of hydrogen-bond acceptors (Lipinski definition) is 2. The molecule has 0 atom stereocenters. The maximum atomic E-state index is 5.93.